The molecule has 106 valence electrons. The van der Waals surface area contributed by atoms with Gasteiger partial charge in [0.25, 0.3) is 5.91 Å². The molecule has 0 fully saturated rings. The lowest BCUT2D eigenvalue weighted by Crippen LogP contribution is -2.27. The molecule has 1 aromatic carbocycles. The molecule has 4 nitrogen and oxygen atoms in total. The summed E-state index contributed by atoms with van der Waals surface area (Å²) in [6.45, 7) is 6.76. The van der Waals surface area contributed by atoms with E-state index in [9.17, 15) is 4.79 Å². The molecule has 0 unspecified atom stereocenters. The van der Waals surface area contributed by atoms with Crippen LogP contribution in [0, 0.1) is 12.8 Å². The van der Waals surface area contributed by atoms with Crippen LogP contribution in [-0.2, 0) is 0 Å². The first-order valence-corrected chi connectivity index (χ1v) is 7.36. The summed E-state index contributed by atoms with van der Waals surface area (Å²) in [7, 11) is 0. The van der Waals surface area contributed by atoms with Gasteiger partial charge in [-0.05, 0) is 24.4 Å². The van der Waals surface area contributed by atoms with Gasteiger partial charge in [0.2, 0.25) is 0 Å². The molecule has 0 spiro atoms. The molecule has 0 aliphatic heterocycles. The SMILES string of the molecule is Cc1ccc(-c2nsc(C(=O)NCC(C)C)c2N)cc1. The van der Waals surface area contributed by atoms with Gasteiger partial charge in [-0.3, -0.25) is 4.79 Å². The second kappa shape index (κ2) is 6.05. The van der Waals surface area contributed by atoms with Gasteiger partial charge >= 0.3 is 0 Å². The van der Waals surface area contributed by atoms with E-state index in [0.717, 1.165) is 17.1 Å². The number of nitrogens with one attached hydrogen (secondary N) is 1. The summed E-state index contributed by atoms with van der Waals surface area (Å²) >= 11 is 1.15. The average molecular weight is 289 g/mol. The zero-order valence-corrected chi connectivity index (χ0v) is 12.8. The van der Waals surface area contributed by atoms with Crippen molar-refractivity contribution in [1.82, 2.24) is 9.69 Å². The smallest absolute Gasteiger partial charge is 0.265 e. The van der Waals surface area contributed by atoms with E-state index in [2.05, 4.69) is 9.69 Å². The Balaban J connectivity index is 2.22. The van der Waals surface area contributed by atoms with E-state index in [0.29, 0.717) is 28.7 Å². The van der Waals surface area contributed by atoms with Crippen molar-refractivity contribution < 1.29 is 4.79 Å². The molecule has 1 aromatic heterocycles. The van der Waals surface area contributed by atoms with Crippen molar-refractivity contribution in [2.75, 3.05) is 12.3 Å². The van der Waals surface area contributed by atoms with Gasteiger partial charge < -0.3 is 11.1 Å². The predicted octanol–water partition coefficient (Wildman–Crippen LogP) is 3.09. The molecule has 0 radical (unpaired) electrons. The maximum absolute atomic E-state index is 12.0. The lowest BCUT2D eigenvalue weighted by molar-refractivity contribution is 0.0954. The molecule has 0 atom stereocenters. The van der Waals surface area contributed by atoms with E-state index in [1.54, 1.807) is 0 Å². The van der Waals surface area contributed by atoms with Gasteiger partial charge in [-0.1, -0.05) is 43.7 Å². The number of anilines is 1. The van der Waals surface area contributed by atoms with E-state index in [1.165, 1.54) is 5.56 Å². The third-order valence-corrected chi connectivity index (χ3v) is 3.79. The Morgan fingerprint density at radius 3 is 2.60 bits per heavy atom. The minimum Gasteiger partial charge on any atom is -0.396 e. The molecule has 0 saturated heterocycles. The summed E-state index contributed by atoms with van der Waals surface area (Å²) in [5.74, 6) is 0.261. The molecular weight excluding hydrogens is 270 g/mol. The van der Waals surface area contributed by atoms with Gasteiger partial charge in [-0.15, -0.1) is 0 Å². The molecule has 1 amide bonds. The number of benzene rings is 1. The van der Waals surface area contributed by atoms with Crippen LogP contribution in [0.2, 0.25) is 0 Å². The highest BCUT2D eigenvalue weighted by molar-refractivity contribution is 7.09. The molecule has 5 heteroatoms. The van der Waals surface area contributed by atoms with Gasteiger partial charge in [0.1, 0.15) is 10.6 Å². The lowest BCUT2D eigenvalue weighted by Gasteiger charge is -2.06. The molecule has 2 aromatic rings. The zero-order chi connectivity index (χ0) is 14.7. The van der Waals surface area contributed by atoms with E-state index in [4.69, 9.17) is 5.73 Å². The number of carbonyl (C=O) groups excluding carboxylic acids is 1. The Hall–Kier alpha value is -1.88. The van der Waals surface area contributed by atoms with Crippen LogP contribution in [0.4, 0.5) is 5.69 Å². The summed E-state index contributed by atoms with van der Waals surface area (Å²) < 4.78 is 4.32. The van der Waals surface area contributed by atoms with Gasteiger partial charge in [0.15, 0.2) is 0 Å². The van der Waals surface area contributed by atoms with E-state index in [1.807, 2.05) is 45.0 Å². The van der Waals surface area contributed by atoms with Gasteiger partial charge in [-0.25, -0.2) is 0 Å². The van der Waals surface area contributed by atoms with Crippen LogP contribution in [0.5, 0.6) is 0 Å². The lowest BCUT2D eigenvalue weighted by atomic mass is 10.1. The standard InChI is InChI=1S/C15H19N3OS/c1-9(2)8-17-15(19)14-12(16)13(18-20-14)11-6-4-10(3)5-7-11/h4-7,9H,8,16H2,1-3H3,(H,17,19). The normalized spacial score (nSPS) is 10.8. The fourth-order valence-corrected chi connectivity index (χ4v) is 2.49. The molecule has 2 rings (SSSR count). The molecule has 20 heavy (non-hydrogen) atoms. The molecule has 0 aliphatic carbocycles. The maximum Gasteiger partial charge on any atom is 0.265 e. The molecule has 0 saturated carbocycles. The molecule has 0 bridgehead atoms. The van der Waals surface area contributed by atoms with Crippen molar-refractivity contribution in [3.05, 3.63) is 34.7 Å². The van der Waals surface area contributed by atoms with Crippen LogP contribution >= 0.6 is 11.5 Å². The largest absolute Gasteiger partial charge is 0.396 e. The van der Waals surface area contributed by atoms with Crippen molar-refractivity contribution in [3.8, 4) is 11.3 Å². The van der Waals surface area contributed by atoms with Crippen molar-refractivity contribution >= 4 is 23.1 Å². The fourth-order valence-electron chi connectivity index (χ4n) is 1.76. The monoisotopic (exact) mass is 289 g/mol. The Kier molecular flexibility index (Phi) is 4.39. The van der Waals surface area contributed by atoms with Crippen LogP contribution in [-0.4, -0.2) is 16.8 Å². The third kappa shape index (κ3) is 3.17. The number of nitrogens with two attached hydrogens (primary N) is 1. The number of nitrogen functional groups attached to an aromatic ring is 1. The highest BCUT2D eigenvalue weighted by atomic mass is 32.1. The second-order valence-electron chi connectivity index (χ2n) is 5.24. The second-order valence-corrected chi connectivity index (χ2v) is 6.02. The van der Waals surface area contributed by atoms with Gasteiger partial charge in [0, 0.05) is 12.1 Å². The molecule has 0 aliphatic rings. The summed E-state index contributed by atoms with van der Waals surface area (Å²) in [6.07, 6.45) is 0. The van der Waals surface area contributed by atoms with E-state index < -0.39 is 0 Å². The van der Waals surface area contributed by atoms with Crippen LogP contribution in [0.1, 0.15) is 29.1 Å². The Morgan fingerprint density at radius 1 is 1.35 bits per heavy atom. The molecular formula is C15H19N3OS. The predicted molar refractivity (Wildman–Crippen MR) is 83.9 cm³/mol. The van der Waals surface area contributed by atoms with Crippen LogP contribution in [0.25, 0.3) is 11.3 Å². The number of hydrogen-bond acceptors (Lipinski definition) is 4. The Bertz CT molecular complexity index is 602. The number of carbonyl (C=O) groups is 1. The highest BCUT2D eigenvalue weighted by Crippen LogP contribution is 2.30. The topological polar surface area (TPSA) is 68.0 Å². The van der Waals surface area contributed by atoms with Crippen molar-refractivity contribution in [2.45, 2.75) is 20.8 Å². The molecule has 1 heterocycles. The van der Waals surface area contributed by atoms with Gasteiger partial charge in [0.05, 0.1) is 5.69 Å². The number of nitrogens with zero attached hydrogens (tertiary/aromatic N) is 1. The summed E-state index contributed by atoms with van der Waals surface area (Å²) in [4.78, 5) is 12.5. The maximum atomic E-state index is 12.0. The number of amides is 1. The first kappa shape index (κ1) is 14.5. The van der Waals surface area contributed by atoms with Crippen molar-refractivity contribution in [3.63, 3.8) is 0 Å². The molecule has 3 N–H and O–H groups in total. The van der Waals surface area contributed by atoms with Crippen LogP contribution in [0.15, 0.2) is 24.3 Å². The third-order valence-electron chi connectivity index (χ3n) is 2.93. The van der Waals surface area contributed by atoms with Crippen molar-refractivity contribution in [2.24, 2.45) is 5.92 Å². The minimum atomic E-state index is -0.146. The van der Waals surface area contributed by atoms with Crippen LogP contribution in [0.3, 0.4) is 0 Å². The van der Waals surface area contributed by atoms with Gasteiger partial charge in [-0.2, -0.15) is 4.37 Å². The summed E-state index contributed by atoms with van der Waals surface area (Å²) in [6, 6.07) is 7.95. The first-order valence-electron chi connectivity index (χ1n) is 6.59. The number of aromatic nitrogens is 1. The Morgan fingerprint density at radius 2 is 2.00 bits per heavy atom. The summed E-state index contributed by atoms with van der Waals surface area (Å²) in [5.41, 5.74) is 9.33. The highest BCUT2D eigenvalue weighted by Gasteiger charge is 2.18. The van der Waals surface area contributed by atoms with E-state index >= 15 is 0 Å². The van der Waals surface area contributed by atoms with E-state index in [-0.39, 0.29) is 5.91 Å². The number of rotatable bonds is 4. The fraction of sp³-hybridized carbons (Fsp3) is 0.333. The van der Waals surface area contributed by atoms with Crippen molar-refractivity contribution in [1.29, 1.82) is 0 Å². The zero-order valence-electron chi connectivity index (χ0n) is 11.9. The number of aryl methyl sites for hydroxylation is 1. The minimum absolute atomic E-state index is 0.146. The summed E-state index contributed by atoms with van der Waals surface area (Å²) in [5, 5.41) is 2.86. The quantitative estimate of drug-likeness (QED) is 0.909. The number of hydrogen-bond donors (Lipinski definition) is 2. The average Bonchev–Trinajstić information content (AvgIpc) is 2.79. The Labute approximate surface area is 123 Å². The van der Waals surface area contributed by atoms with Crippen LogP contribution < -0.4 is 11.1 Å². The first-order chi connectivity index (χ1) is 9.49.